The quantitative estimate of drug-likeness (QED) is 0.0274. The van der Waals surface area contributed by atoms with Gasteiger partial charge in [0.15, 0.2) is 0 Å². The highest BCUT2D eigenvalue weighted by atomic mass is 31.2. The minimum absolute atomic E-state index is 0.0937. The molecule has 0 rings (SSSR count). The average Bonchev–Trinajstić information content (AvgIpc) is 3.12. The van der Waals surface area contributed by atoms with Crippen molar-refractivity contribution in [3.63, 3.8) is 0 Å². The zero-order valence-electron chi connectivity index (χ0n) is 33.6. The molecule has 3 N–H and O–H groups in total. The fraction of sp³-hybridized carbons (Fsp3) is 0.929. The predicted octanol–water partition coefficient (Wildman–Crippen LogP) is 12.7. The number of carbonyl (C=O) groups excluding carboxylic acids is 1. The predicted molar refractivity (Wildman–Crippen MR) is 215 cm³/mol. The normalized spacial score (nSPS) is 13.6. The van der Waals surface area contributed by atoms with Crippen LogP contribution in [-0.2, 0) is 27.9 Å². The summed E-state index contributed by atoms with van der Waals surface area (Å²) in [6.45, 7) is 4.94. The van der Waals surface area contributed by atoms with Crippen molar-refractivity contribution in [3.05, 3.63) is 12.2 Å². The second-order valence-electron chi connectivity index (χ2n) is 14.6. The summed E-state index contributed by atoms with van der Waals surface area (Å²) < 4.78 is 33.4. The smallest absolute Gasteiger partial charge is 0.457 e. The molecule has 0 spiro atoms. The molecule has 51 heavy (non-hydrogen) atoms. The lowest BCUT2D eigenvalue weighted by Gasteiger charge is -2.20. The van der Waals surface area contributed by atoms with Gasteiger partial charge >= 0.3 is 13.8 Å². The third-order valence-corrected chi connectivity index (χ3v) is 10.4. The van der Waals surface area contributed by atoms with Crippen molar-refractivity contribution in [1.29, 1.82) is 0 Å². The molecule has 0 radical (unpaired) electrons. The molecule has 304 valence electrons. The first-order chi connectivity index (χ1) is 24.9. The maximum atomic E-state index is 12.6. The van der Waals surface area contributed by atoms with Crippen LogP contribution in [0, 0.1) is 0 Å². The van der Waals surface area contributed by atoms with Crippen LogP contribution in [0.1, 0.15) is 213 Å². The number of unbranched alkanes of at least 4 members (excludes halogenated alkanes) is 27. The largest absolute Gasteiger partial charge is 0.472 e. The fourth-order valence-corrected chi connectivity index (χ4v) is 6.99. The van der Waals surface area contributed by atoms with Crippen molar-refractivity contribution < 1.29 is 32.8 Å². The Morgan fingerprint density at radius 1 is 0.569 bits per heavy atom. The summed E-state index contributed by atoms with van der Waals surface area (Å²) in [7, 11) is -4.27. The van der Waals surface area contributed by atoms with Crippen LogP contribution in [0.25, 0.3) is 0 Å². The minimum atomic E-state index is -4.27. The Labute approximate surface area is 315 Å². The number of ether oxygens (including phenoxy) is 2. The van der Waals surface area contributed by atoms with Gasteiger partial charge in [-0.2, -0.15) is 0 Å². The number of carbonyl (C=O) groups is 1. The molecule has 0 aromatic heterocycles. The van der Waals surface area contributed by atoms with E-state index < -0.39 is 13.9 Å². The molecular weight excluding hydrogens is 661 g/mol. The molecule has 0 aromatic rings. The second kappa shape index (κ2) is 40.4. The van der Waals surface area contributed by atoms with Gasteiger partial charge in [-0.1, -0.05) is 180 Å². The summed E-state index contributed by atoms with van der Waals surface area (Å²) in [4.78, 5) is 22.4. The highest BCUT2D eigenvalue weighted by Gasteiger charge is 2.25. The summed E-state index contributed by atoms with van der Waals surface area (Å²) in [5, 5.41) is 0. The van der Waals surface area contributed by atoms with Crippen LogP contribution < -0.4 is 5.73 Å². The molecule has 0 aliphatic rings. The van der Waals surface area contributed by atoms with Gasteiger partial charge in [0.25, 0.3) is 0 Å². The van der Waals surface area contributed by atoms with E-state index in [4.69, 9.17) is 24.3 Å². The van der Waals surface area contributed by atoms with Gasteiger partial charge in [0, 0.05) is 19.6 Å². The first-order valence-corrected chi connectivity index (χ1v) is 23.2. The highest BCUT2D eigenvalue weighted by molar-refractivity contribution is 7.47. The number of hydrogen-bond donors (Lipinski definition) is 2. The van der Waals surface area contributed by atoms with Crippen LogP contribution in [0.3, 0.4) is 0 Å². The average molecular weight is 746 g/mol. The zero-order valence-corrected chi connectivity index (χ0v) is 34.5. The molecule has 0 fully saturated rings. The van der Waals surface area contributed by atoms with Gasteiger partial charge in [0.05, 0.1) is 19.8 Å². The first-order valence-electron chi connectivity index (χ1n) is 21.7. The summed E-state index contributed by atoms with van der Waals surface area (Å²) in [6, 6.07) is 0. The van der Waals surface area contributed by atoms with E-state index >= 15 is 0 Å². The van der Waals surface area contributed by atoms with Gasteiger partial charge in [-0.05, 0) is 38.5 Å². The van der Waals surface area contributed by atoms with Crippen LogP contribution in [-0.4, -0.2) is 49.9 Å². The van der Waals surface area contributed by atoms with Crippen LogP contribution >= 0.6 is 7.82 Å². The van der Waals surface area contributed by atoms with E-state index in [9.17, 15) is 14.3 Å². The molecule has 8 nitrogen and oxygen atoms in total. The monoisotopic (exact) mass is 746 g/mol. The van der Waals surface area contributed by atoms with Crippen molar-refractivity contribution in [2.45, 2.75) is 219 Å². The van der Waals surface area contributed by atoms with Gasteiger partial charge in [-0.15, -0.1) is 0 Å². The number of phosphoric acid groups is 1. The molecular formula is C42H84NO7P. The molecule has 0 bridgehead atoms. The van der Waals surface area contributed by atoms with E-state index in [1.165, 1.54) is 148 Å². The standard InChI is InChI=1S/C42H84NO7P/c1-3-5-7-9-11-13-15-17-19-20-21-22-24-26-28-30-32-34-37-47-39-41(40-49-51(45,46)48-38-36-43)50-42(44)35-33-31-29-27-25-23-18-16-14-12-10-8-6-4-2/h16,18,41H,3-15,17,19-40,43H2,1-2H3,(H,45,46)/b18-16-. The number of hydrogen-bond acceptors (Lipinski definition) is 7. The minimum Gasteiger partial charge on any atom is -0.457 e. The Balaban J connectivity index is 3.99. The molecule has 0 amide bonds. The molecule has 0 heterocycles. The molecule has 9 heteroatoms. The molecule has 0 saturated carbocycles. The molecule has 2 atom stereocenters. The summed E-state index contributed by atoms with van der Waals surface area (Å²) in [5.41, 5.74) is 5.37. The summed E-state index contributed by atoms with van der Waals surface area (Å²) >= 11 is 0. The maximum absolute atomic E-state index is 12.6. The van der Waals surface area contributed by atoms with Crippen molar-refractivity contribution in [1.82, 2.24) is 0 Å². The molecule has 0 aromatic carbocycles. The number of rotatable bonds is 42. The number of nitrogens with two attached hydrogens (primary N) is 1. The van der Waals surface area contributed by atoms with E-state index in [1.54, 1.807) is 0 Å². The van der Waals surface area contributed by atoms with Crippen molar-refractivity contribution in [2.75, 3.05) is 33.0 Å². The molecule has 2 unspecified atom stereocenters. The van der Waals surface area contributed by atoms with E-state index in [-0.39, 0.29) is 32.3 Å². The first kappa shape index (κ1) is 50.2. The van der Waals surface area contributed by atoms with Crippen molar-refractivity contribution in [2.24, 2.45) is 5.73 Å². The molecule has 0 aliphatic heterocycles. The third kappa shape index (κ3) is 40.3. The van der Waals surface area contributed by atoms with Crippen molar-refractivity contribution in [3.8, 4) is 0 Å². The van der Waals surface area contributed by atoms with Gasteiger partial charge in [-0.3, -0.25) is 13.8 Å². The highest BCUT2D eigenvalue weighted by Crippen LogP contribution is 2.43. The topological polar surface area (TPSA) is 117 Å². The Morgan fingerprint density at radius 2 is 0.980 bits per heavy atom. The SMILES string of the molecule is CCCCCCC/C=C\CCCCCCCC(=O)OC(COCCCCCCCCCCCCCCCCCCCC)COP(=O)(O)OCCN. The van der Waals surface area contributed by atoms with Crippen LogP contribution in [0.5, 0.6) is 0 Å². The van der Waals surface area contributed by atoms with Crippen LogP contribution in [0.15, 0.2) is 12.2 Å². The summed E-state index contributed by atoms with van der Waals surface area (Å²) in [6.07, 6.45) is 42.3. The van der Waals surface area contributed by atoms with Gasteiger partial charge < -0.3 is 20.1 Å². The second-order valence-corrected chi connectivity index (χ2v) is 16.0. The third-order valence-electron chi connectivity index (χ3n) is 9.43. The van der Waals surface area contributed by atoms with Gasteiger partial charge in [0.1, 0.15) is 6.10 Å². The van der Waals surface area contributed by atoms with Crippen LogP contribution in [0.4, 0.5) is 0 Å². The van der Waals surface area contributed by atoms with E-state index in [1.807, 2.05) is 0 Å². The lowest BCUT2D eigenvalue weighted by molar-refractivity contribution is -0.154. The number of phosphoric ester groups is 1. The maximum Gasteiger partial charge on any atom is 0.472 e. The van der Waals surface area contributed by atoms with E-state index in [0.29, 0.717) is 13.0 Å². The van der Waals surface area contributed by atoms with Gasteiger partial charge in [-0.25, -0.2) is 4.57 Å². The zero-order chi connectivity index (χ0) is 37.4. The van der Waals surface area contributed by atoms with Gasteiger partial charge in [0.2, 0.25) is 0 Å². The Kier molecular flexibility index (Phi) is 39.8. The number of esters is 1. The fourth-order valence-electron chi connectivity index (χ4n) is 6.23. The number of allylic oxidation sites excluding steroid dienone is 2. The molecule has 0 saturated heterocycles. The van der Waals surface area contributed by atoms with Crippen LogP contribution in [0.2, 0.25) is 0 Å². The Hall–Kier alpha value is -0.760. The van der Waals surface area contributed by atoms with E-state index in [0.717, 1.165) is 44.9 Å². The van der Waals surface area contributed by atoms with E-state index in [2.05, 4.69) is 26.0 Å². The molecule has 0 aliphatic carbocycles. The lowest BCUT2D eigenvalue weighted by atomic mass is 10.0. The Morgan fingerprint density at radius 3 is 1.43 bits per heavy atom. The summed E-state index contributed by atoms with van der Waals surface area (Å²) in [5.74, 6) is -0.335. The van der Waals surface area contributed by atoms with Crippen molar-refractivity contribution >= 4 is 13.8 Å². The Bertz CT molecular complexity index is 797. The lowest BCUT2D eigenvalue weighted by Crippen LogP contribution is -2.28.